The molecule has 0 fully saturated rings. The number of carbonyl (C=O) groups excluding carboxylic acids is 1. The van der Waals surface area contributed by atoms with Gasteiger partial charge in [0.25, 0.3) is 11.2 Å². The van der Waals surface area contributed by atoms with Crippen LogP contribution in [-0.4, -0.2) is 29.5 Å². The van der Waals surface area contributed by atoms with Gasteiger partial charge in [0, 0.05) is 30.9 Å². The van der Waals surface area contributed by atoms with Gasteiger partial charge in [-0.25, -0.2) is 14.3 Å². The minimum Gasteiger partial charge on any atom is -0.325 e. The summed E-state index contributed by atoms with van der Waals surface area (Å²) in [5, 5.41) is 13.5. The number of hydrogen-bond donors (Lipinski definition) is 1. The smallest absolute Gasteiger partial charge is 0.325 e. The van der Waals surface area contributed by atoms with Crippen molar-refractivity contribution in [2.45, 2.75) is 53.2 Å². The van der Waals surface area contributed by atoms with Gasteiger partial charge in [0.2, 0.25) is 5.91 Å². The monoisotopic (exact) mass is 442 g/mol. The van der Waals surface area contributed by atoms with Gasteiger partial charge in [0.15, 0.2) is 11.2 Å². The number of rotatable bonds is 9. The van der Waals surface area contributed by atoms with Crippen LogP contribution in [0.1, 0.15) is 33.6 Å². The van der Waals surface area contributed by atoms with Crippen LogP contribution in [0.4, 0.5) is 11.4 Å². The van der Waals surface area contributed by atoms with Gasteiger partial charge in [0.05, 0.1) is 11.3 Å². The highest BCUT2D eigenvalue weighted by Crippen LogP contribution is 2.17. The van der Waals surface area contributed by atoms with Crippen LogP contribution in [0.5, 0.6) is 0 Å². The van der Waals surface area contributed by atoms with Crippen LogP contribution in [0.25, 0.3) is 11.2 Å². The van der Waals surface area contributed by atoms with Crippen LogP contribution in [0.15, 0.2) is 40.2 Å². The molecule has 0 unspecified atom stereocenters. The number of nitro benzene ring substituents is 1. The molecule has 0 aliphatic rings. The number of hydrogen-bond acceptors (Lipinski definition) is 6. The third-order valence-corrected chi connectivity index (χ3v) is 4.93. The average molecular weight is 442 g/mol. The Labute approximate surface area is 183 Å². The van der Waals surface area contributed by atoms with Crippen LogP contribution in [-0.2, 0) is 24.4 Å². The number of anilines is 1. The van der Waals surface area contributed by atoms with Crippen molar-refractivity contribution in [3.8, 4) is 0 Å². The van der Waals surface area contributed by atoms with Gasteiger partial charge in [-0.15, -0.1) is 0 Å². The first-order valence-corrected chi connectivity index (χ1v) is 10.5. The van der Waals surface area contributed by atoms with Crippen molar-refractivity contribution in [1.29, 1.82) is 0 Å². The predicted molar refractivity (Wildman–Crippen MR) is 120 cm³/mol. The summed E-state index contributed by atoms with van der Waals surface area (Å²) < 4.78 is 4.03. The number of benzene rings is 1. The van der Waals surface area contributed by atoms with Crippen molar-refractivity contribution in [3.63, 3.8) is 0 Å². The number of nitro groups is 1. The molecule has 1 amide bonds. The van der Waals surface area contributed by atoms with E-state index in [9.17, 15) is 24.5 Å². The Balaban J connectivity index is 2.02. The number of aromatic nitrogens is 4. The third kappa shape index (κ3) is 4.76. The minimum atomic E-state index is -0.639. The average Bonchev–Trinajstić information content (AvgIpc) is 3.16. The Hall–Kier alpha value is -3.76. The Morgan fingerprint density at radius 2 is 2.00 bits per heavy atom. The fourth-order valence-electron chi connectivity index (χ4n) is 3.45. The van der Waals surface area contributed by atoms with Crippen molar-refractivity contribution < 1.29 is 9.72 Å². The minimum absolute atomic E-state index is 0.112. The maximum Gasteiger partial charge on any atom is 0.333 e. The number of aryl methyl sites for hydroxylation is 1. The van der Waals surface area contributed by atoms with Crippen molar-refractivity contribution in [2.24, 2.45) is 5.92 Å². The topological polar surface area (TPSA) is 134 Å². The summed E-state index contributed by atoms with van der Waals surface area (Å²) in [4.78, 5) is 53.6. The van der Waals surface area contributed by atoms with E-state index in [1.807, 2.05) is 20.8 Å². The fraction of sp³-hybridized carbons (Fsp3) is 0.429. The van der Waals surface area contributed by atoms with Crippen LogP contribution in [0.3, 0.4) is 0 Å². The lowest BCUT2D eigenvalue weighted by Gasteiger charge is -2.14. The zero-order valence-corrected chi connectivity index (χ0v) is 18.3. The molecule has 2 heterocycles. The summed E-state index contributed by atoms with van der Waals surface area (Å²) in [6.07, 6.45) is 3.30. The number of carbonyl (C=O) groups is 1. The normalized spacial score (nSPS) is 11.2. The van der Waals surface area contributed by atoms with E-state index in [0.29, 0.717) is 18.7 Å². The third-order valence-electron chi connectivity index (χ3n) is 4.93. The van der Waals surface area contributed by atoms with Crippen LogP contribution in [0.2, 0.25) is 0 Å². The van der Waals surface area contributed by atoms with Gasteiger partial charge < -0.3 is 9.88 Å². The summed E-state index contributed by atoms with van der Waals surface area (Å²) >= 11 is 0. The Bertz CT molecular complexity index is 1270. The largest absolute Gasteiger partial charge is 0.333 e. The molecule has 0 saturated carbocycles. The van der Waals surface area contributed by atoms with E-state index in [0.717, 1.165) is 17.4 Å². The van der Waals surface area contributed by atoms with Gasteiger partial charge >= 0.3 is 5.69 Å². The molecule has 170 valence electrons. The number of fused-ring (bicyclic) bond motifs is 1. The van der Waals surface area contributed by atoms with Crippen LogP contribution < -0.4 is 16.6 Å². The first kappa shape index (κ1) is 22.9. The molecule has 1 N–H and O–H groups in total. The maximum atomic E-state index is 13.2. The number of imidazole rings is 1. The van der Waals surface area contributed by atoms with Gasteiger partial charge in [-0.3, -0.25) is 24.3 Å². The SMILES string of the molecule is CCCCn1cnc2c1c(=O)n(CC(=O)Nc1cccc([N+](=O)[O-])c1)c(=O)n2CC(C)C. The van der Waals surface area contributed by atoms with Gasteiger partial charge in [-0.2, -0.15) is 0 Å². The lowest BCUT2D eigenvalue weighted by atomic mass is 10.2. The van der Waals surface area contributed by atoms with E-state index < -0.39 is 28.6 Å². The molecule has 0 aliphatic heterocycles. The molecule has 3 rings (SSSR count). The number of non-ortho nitro benzene ring substituents is 1. The van der Waals surface area contributed by atoms with Gasteiger partial charge in [-0.1, -0.05) is 33.3 Å². The summed E-state index contributed by atoms with van der Waals surface area (Å²) in [6.45, 7) is 6.31. The van der Waals surface area contributed by atoms with Gasteiger partial charge in [0.1, 0.15) is 6.54 Å². The van der Waals surface area contributed by atoms with E-state index in [2.05, 4.69) is 10.3 Å². The lowest BCUT2D eigenvalue weighted by molar-refractivity contribution is -0.384. The molecule has 32 heavy (non-hydrogen) atoms. The van der Waals surface area contributed by atoms with Crippen LogP contribution in [0, 0.1) is 16.0 Å². The van der Waals surface area contributed by atoms with Crippen molar-refractivity contribution >= 4 is 28.4 Å². The zero-order valence-electron chi connectivity index (χ0n) is 18.3. The lowest BCUT2D eigenvalue weighted by Crippen LogP contribution is -2.43. The van der Waals surface area contributed by atoms with Gasteiger partial charge in [-0.05, 0) is 18.4 Å². The van der Waals surface area contributed by atoms with Crippen molar-refractivity contribution in [2.75, 3.05) is 5.32 Å². The molecule has 11 nitrogen and oxygen atoms in total. The number of nitrogens with one attached hydrogen (secondary N) is 1. The molecule has 0 atom stereocenters. The van der Waals surface area contributed by atoms with E-state index in [4.69, 9.17) is 0 Å². The van der Waals surface area contributed by atoms with E-state index >= 15 is 0 Å². The molecule has 2 aromatic heterocycles. The van der Waals surface area contributed by atoms with Crippen molar-refractivity contribution in [3.05, 3.63) is 61.5 Å². The fourth-order valence-corrected chi connectivity index (χ4v) is 3.45. The Kier molecular flexibility index (Phi) is 6.86. The summed E-state index contributed by atoms with van der Waals surface area (Å²) in [5.74, 6) is -0.527. The number of amides is 1. The molecule has 0 radical (unpaired) electrons. The van der Waals surface area contributed by atoms with Crippen LogP contribution >= 0.6 is 0 Å². The number of nitrogens with zero attached hydrogens (tertiary/aromatic N) is 5. The highest BCUT2D eigenvalue weighted by molar-refractivity contribution is 5.91. The first-order valence-electron chi connectivity index (χ1n) is 10.5. The van der Waals surface area contributed by atoms with E-state index in [1.165, 1.54) is 28.8 Å². The van der Waals surface area contributed by atoms with E-state index in [1.54, 1.807) is 10.9 Å². The molecule has 1 aromatic carbocycles. The first-order chi connectivity index (χ1) is 15.2. The standard InChI is InChI=1S/C21H26N6O5/c1-4-5-9-24-13-22-19-18(24)20(29)26(21(30)25(19)11-14(2)3)12-17(28)23-15-7-6-8-16(10-15)27(31)32/h6-8,10,13-14H,4-5,9,11-12H2,1-3H3,(H,23,28). The predicted octanol–water partition coefficient (Wildman–Crippen LogP) is 2.36. The summed E-state index contributed by atoms with van der Waals surface area (Å²) in [5.41, 5.74) is -0.602. The Morgan fingerprint density at radius 1 is 1.25 bits per heavy atom. The number of unbranched alkanes of at least 4 members (excludes halogenated alkanes) is 1. The molecule has 0 bridgehead atoms. The second kappa shape index (κ2) is 9.58. The molecule has 0 saturated heterocycles. The molecule has 0 spiro atoms. The molecular weight excluding hydrogens is 416 g/mol. The highest BCUT2D eigenvalue weighted by Gasteiger charge is 2.20. The highest BCUT2D eigenvalue weighted by atomic mass is 16.6. The van der Waals surface area contributed by atoms with Crippen molar-refractivity contribution in [1.82, 2.24) is 18.7 Å². The molecule has 11 heteroatoms. The second-order valence-corrected chi connectivity index (χ2v) is 8.00. The molecule has 3 aromatic rings. The van der Waals surface area contributed by atoms with E-state index in [-0.39, 0.29) is 22.8 Å². The second-order valence-electron chi connectivity index (χ2n) is 8.00. The summed E-state index contributed by atoms with van der Waals surface area (Å²) in [6, 6.07) is 5.44. The zero-order chi connectivity index (χ0) is 23.4. The Morgan fingerprint density at radius 3 is 2.66 bits per heavy atom. The summed E-state index contributed by atoms with van der Waals surface area (Å²) in [7, 11) is 0. The maximum absolute atomic E-state index is 13.2. The molecular formula is C21H26N6O5. The molecule has 0 aliphatic carbocycles. The quantitative estimate of drug-likeness (QED) is 0.399.